The van der Waals surface area contributed by atoms with Gasteiger partial charge in [0.2, 0.25) is 11.8 Å². The molecule has 0 aliphatic carbocycles. The van der Waals surface area contributed by atoms with E-state index in [1.807, 2.05) is 17.5 Å². The van der Waals surface area contributed by atoms with Gasteiger partial charge in [-0.25, -0.2) is 4.39 Å². The molecule has 1 unspecified atom stereocenters. The first-order chi connectivity index (χ1) is 17.5. The van der Waals surface area contributed by atoms with Gasteiger partial charge in [0.05, 0.1) is 19.2 Å². The number of ether oxygens (including phenoxy) is 1. The quantitative estimate of drug-likeness (QED) is 0.237. The molecule has 1 fully saturated rings. The number of carbonyl (C=O) groups is 2. The Balaban J connectivity index is 1.61. The molecule has 198 valence electrons. The van der Waals surface area contributed by atoms with E-state index >= 15 is 0 Å². The van der Waals surface area contributed by atoms with Crippen LogP contribution in [0.2, 0.25) is 0 Å². The second-order valence-corrected chi connectivity index (χ2v) is 10.8. The smallest absolute Gasteiger partial charge is 0.242 e. The Kier molecular flexibility index (Phi) is 12.4. The van der Waals surface area contributed by atoms with E-state index in [0.717, 1.165) is 42.5 Å². The Labute approximate surface area is 219 Å². The summed E-state index contributed by atoms with van der Waals surface area (Å²) in [4.78, 5) is 31.3. The number of unbranched alkanes of at least 4 members (excludes halogenated alkanes) is 6. The number of benzene rings is 1. The summed E-state index contributed by atoms with van der Waals surface area (Å²) < 4.78 is 19.2. The first kappa shape index (κ1) is 28.3. The van der Waals surface area contributed by atoms with E-state index in [2.05, 4.69) is 6.92 Å². The highest BCUT2D eigenvalue weighted by Crippen LogP contribution is 2.18. The van der Waals surface area contributed by atoms with Gasteiger partial charge < -0.3 is 14.5 Å². The van der Waals surface area contributed by atoms with E-state index in [9.17, 15) is 14.0 Å². The van der Waals surface area contributed by atoms with Crippen LogP contribution >= 0.6 is 11.3 Å². The molecule has 1 aromatic heterocycles. The monoisotopic (exact) mass is 516 g/mol. The van der Waals surface area contributed by atoms with Gasteiger partial charge in [-0.05, 0) is 48.4 Å². The molecule has 1 saturated heterocycles. The van der Waals surface area contributed by atoms with Crippen molar-refractivity contribution < 1.29 is 18.7 Å². The van der Waals surface area contributed by atoms with Gasteiger partial charge in [0.25, 0.3) is 0 Å². The highest BCUT2D eigenvalue weighted by Gasteiger charge is 2.26. The van der Waals surface area contributed by atoms with Gasteiger partial charge in [0.1, 0.15) is 5.82 Å². The average Bonchev–Trinajstić information content (AvgIpc) is 3.58. The summed E-state index contributed by atoms with van der Waals surface area (Å²) in [5, 5.41) is 1.99. The number of nitrogens with zero attached hydrogens (tertiary/aromatic N) is 2. The van der Waals surface area contributed by atoms with Crippen molar-refractivity contribution in [3.8, 4) is 0 Å². The largest absolute Gasteiger partial charge is 0.376 e. The molecule has 1 aliphatic heterocycles. The number of hydrogen-bond donors (Lipinski definition) is 0. The second-order valence-electron chi connectivity index (χ2n) is 9.74. The number of hydrogen-bond acceptors (Lipinski definition) is 4. The minimum atomic E-state index is -0.298. The zero-order chi connectivity index (χ0) is 25.6. The molecular formula is C29H41FN2O3S. The Morgan fingerprint density at radius 3 is 2.39 bits per heavy atom. The molecule has 3 rings (SSSR count). The first-order valence-electron chi connectivity index (χ1n) is 13.5. The summed E-state index contributed by atoms with van der Waals surface area (Å²) in [6.07, 6.45) is 10.4. The third-order valence-corrected chi connectivity index (χ3v) is 7.55. The molecule has 2 aromatic rings. The van der Waals surface area contributed by atoms with Gasteiger partial charge in [-0.1, -0.05) is 63.6 Å². The van der Waals surface area contributed by atoms with Gasteiger partial charge in [0, 0.05) is 31.0 Å². The lowest BCUT2D eigenvalue weighted by molar-refractivity contribution is -0.142. The van der Waals surface area contributed by atoms with Crippen LogP contribution in [0.4, 0.5) is 4.39 Å². The van der Waals surface area contributed by atoms with Gasteiger partial charge in [-0.2, -0.15) is 0 Å². The highest BCUT2D eigenvalue weighted by atomic mass is 32.1. The van der Waals surface area contributed by atoms with Crippen molar-refractivity contribution in [3.63, 3.8) is 0 Å². The van der Waals surface area contributed by atoms with E-state index in [0.29, 0.717) is 32.7 Å². The molecule has 0 radical (unpaired) electrons. The minimum absolute atomic E-state index is 0.00126. The van der Waals surface area contributed by atoms with Gasteiger partial charge in [-0.15, -0.1) is 11.3 Å². The SMILES string of the molecule is CCCCCCCCCC(=O)N(CC(=O)N(Cc1ccc(F)cc1)Cc1cccs1)CC1CCCO1. The van der Waals surface area contributed by atoms with E-state index in [-0.39, 0.29) is 30.3 Å². The van der Waals surface area contributed by atoms with Gasteiger partial charge in [-0.3, -0.25) is 9.59 Å². The Bertz CT molecular complexity index is 898. The van der Waals surface area contributed by atoms with E-state index in [1.54, 1.807) is 33.3 Å². The zero-order valence-electron chi connectivity index (χ0n) is 21.6. The standard InChI is InChI=1S/C29H41FN2O3S/c1-2-3-4-5-6-7-8-13-28(33)32(21-26-11-9-18-35-26)23-29(34)31(22-27-12-10-19-36-27)20-24-14-16-25(30)17-15-24/h10,12,14-17,19,26H,2-9,11,13,18,20-23H2,1H3. The fourth-order valence-electron chi connectivity index (χ4n) is 4.58. The van der Waals surface area contributed by atoms with Crippen molar-refractivity contribution in [2.45, 2.75) is 90.3 Å². The summed E-state index contributed by atoms with van der Waals surface area (Å²) in [5.41, 5.74) is 0.862. The number of rotatable bonds is 16. The lowest BCUT2D eigenvalue weighted by Crippen LogP contribution is -2.45. The van der Waals surface area contributed by atoms with Crippen molar-refractivity contribution in [1.29, 1.82) is 0 Å². The van der Waals surface area contributed by atoms with Gasteiger partial charge >= 0.3 is 0 Å². The van der Waals surface area contributed by atoms with Crippen LogP contribution in [0.5, 0.6) is 0 Å². The van der Waals surface area contributed by atoms with E-state index < -0.39 is 0 Å². The summed E-state index contributed by atoms with van der Waals surface area (Å²) >= 11 is 1.60. The molecule has 0 spiro atoms. The lowest BCUT2D eigenvalue weighted by Gasteiger charge is -2.29. The normalized spacial score (nSPS) is 15.2. The fraction of sp³-hybridized carbons (Fsp3) is 0.586. The third kappa shape index (κ3) is 10.0. The summed E-state index contributed by atoms with van der Waals surface area (Å²) in [6, 6.07) is 10.2. The molecule has 0 N–H and O–H groups in total. The molecule has 2 heterocycles. The predicted molar refractivity (Wildman–Crippen MR) is 143 cm³/mol. The molecule has 2 amide bonds. The first-order valence-corrected chi connectivity index (χ1v) is 14.4. The fourth-order valence-corrected chi connectivity index (χ4v) is 5.30. The van der Waals surface area contributed by atoms with Crippen molar-refractivity contribution in [3.05, 3.63) is 58.0 Å². The third-order valence-electron chi connectivity index (χ3n) is 6.69. The highest BCUT2D eigenvalue weighted by molar-refractivity contribution is 7.09. The Morgan fingerprint density at radius 2 is 1.72 bits per heavy atom. The van der Waals surface area contributed by atoms with Crippen molar-refractivity contribution in [2.75, 3.05) is 19.7 Å². The maximum absolute atomic E-state index is 13.5. The zero-order valence-corrected chi connectivity index (χ0v) is 22.4. The topological polar surface area (TPSA) is 49.9 Å². The van der Waals surface area contributed by atoms with Crippen LogP contribution in [0.1, 0.15) is 81.6 Å². The Morgan fingerprint density at radius 1 is 0.972 bits per heavy atom. The molecule has 36 heavy (non-hydrogen) atoms. The van der Waals surface area contributed by atoms with Crippen molar-refractivity contribution in [1.82, 2.24) is 9.80 Å². The summed E-state index contributed by atoms with van der Waals surface area (Å²) in [7, 11) is 0. The van der Waals surface area contributed by atoms with Crippen LogP contribution < -0.4 is 0 Å². The summed E-state index contributed by atoms with van der Waals surface area (Å²) in [6.45, 7) is 4.27. The molecule has 5 nitrogen and oxygen atoms in total. The van der Waals surface area contributed by atoms with Crippen LogP contribution in [0.15, 0.2) is 41.8 Å². The molecule has 1 aromatic carbocycles. The van der Waals surface area contributed by atoms with Crippen LogP contribution in [0, 0.1) is 5.82 Å². The van der Waals surface area contributed by atoms with Crippen LogP contribution in [-0.4, -0.2) is 47.4 Å². The molecule has 1 atom stereocenters. The van der Waals surface area contributed by atoms with Crippen molar-refractivity contribution in [2.24, 2.45) is 0 Å². The van der Waals surface area contributed by atoms with E-state index in [4.69, 9.17) is 4.74 Å². The molecule has 7 heteroatoms. The van der Waals surface area contributed by atoms with Crippen LogP contribution in [0.25, 0.3) is 0 Å². The molecular weight excluding hydrogens is 475 g/mol. The maximum atomic E-state index is 13.5. The van der Waals surface area contributed by atoms with Crippen LogP contribution in [-0.2, 0) is 27.4 Å². The summed E-state index contributed by atoms with van der Waals surface area (Å²) in [5.74, 6) is -0.363. The molecule has 0 bridgehead atoms. The Hall–Kier alpha value is -2.25. The van der Waals surface area contributed by atoms with Crippen LogP contribution in [0.3, 0.4) is 0 Å². The number of amides is 2. The minimum Gasteiger partial charge on any atom is -0.376 e. The average molecular weight is 517 g/mol. The van der Waals surface area contributed by atoms with Gasteiger partial charge in [0.15, 0.2) is 0 Å². The lowest BCUT2D eigenvalue weighted by atomic mass is 10.1. The van der Waals surface area contributed by atoms with E-state index in [1.165, 1.54) is 37.8 Å². The number of carbonyl (C=O) groups excluding carboxylic acids is 2. The molecule has 0 saturated carbocycles. The predicted octanol–water partition coefficient (Wildman–Crippen LogP) is 6.56. The molecule has 1 aliphatic rings. The maximum Gasteiger partial charge on any atom is 0.242 e. The van der Waals surface area contributed by atoms with Crippen molar-refractivity contribution >= 4 is 23.2 Å². The number of thiophene rings is 1. The second kappa shape index (κ2) is 15.8. The number of halogens is 1.